The summed E-state index contributed by atoms with van der Waals surface area (Å²) < 4.78 is 5.81. The highest BCUT2D eigenvalue weighted by molar-refractivity contribution is 5.48. The lowest BCUT2D eigenvalue weighted by Gasteiger charge is -2.15. The summed E-state index contributed by atoms with van der Waals surface area (Å²) in [7, 11) is 0. The molecule has 4 heteroatoms. The third-order valence-corrected chi connectivity index (χ3v) is 3.42. The molecule has 0 spiro atoms. The first-order valence-corrected chi connectivity index (χ1v) is 7.27. The van der Waals surface area contributed by atoms with Crippen molar-refractivity contribution in [3.05, 3.63) is 24.3 Å². The topological polar surface area (TPSA) is 50.5 Å². The smallest absolute Gasteiger partial charge is 0.121 e. The Morgan fingerprint density at radius 3 is 2.89 bits per heavy atom. The molecule has 0 unspecified atom stereocenters. The van der Waals surface area contributed by atoms with Gasteiger partial charge < -0.3 is 15.8 Å². The van der Waals surface area contributed by atoms with Crippen molar-refractivity contribution in [2.45, 2.75) is 19.3 Å². The van der Waals surface area contributed by atoms with Gasteiger partial charge in [-0.2, -0.15) is 0 Å². The zero-order chi connectivity index (χ0) is 13.3. The van der Waals surface area contributed by atoms with E-state index in [4.69, 9.17) is 10.5 Å². The maximum atomic E-state index is 5.81. The van der Waals surface area contributed by atoms with E-state index in [2.05, 4.69) is 22.3 Å². The summed E-state index contributed by atoms with van der Waals surface area (Å²) in [5.74, 6) is 0.942. The van der Waals surface area contributed by atoms with Gasteiger partial charge in [-0.25, -0.2) is 0 Å². The molecule has 1 aromatic rings. The van der Waals surface area contributed by atoms with Gasteiger partial charge in [0.15, 0.2) is 0 Å². The van der Waals surface area contributed by atoms with Crippen LogP contribution in [0.1, 0.15) is 19.3 Å². The van der Waals surface area contributed by atoms with Gasteiger partial charge in [-0.05, 0) is 51.0 Å². The van der Waals surface area contributed by atoms with Gasteiger partial charge in [-0.3, -0.25) is 4.90 Å². The highest BCUT2D eigenvalue weighted by Crippen LogP contribution is 2.17. The minimum atomic E-state index is 0.721. The molecule has 0 radical (unpaired) electrons. The van der Waals surface area contributed by atoms with Crippen LogP contribution in [0.15, 0.2) is 24.3 Å². The normalized spacial score (nSPS) is 15.6. The summed E-state index contributed by atoms with van der Waals surface area (Å²) in [4.78, 5) is 2.46. The van der Waals surface area contributed by atoms with Crippen molar-refractivity contribution < 1.29 is 4.74 Å². The van der Waals surface area contributed by atoms with Crippen molar-refractivity contribution in [3.63, 3.8) is 0 Å². The number of ether oxygens (including phenoxy) is 1. The molecule has 1 aliphatic rings. The van der Waals surface area contributed by atoms with Crippen LogP contribution in [0.25, 0.3) is 0 Å². The second-order valence-electron chi connectivity index (χ2n) is 4.99. The molecule has 1 aliphatic heterocycles. The summed E-state index contributed by atoms with van der Waals surface area (Å²) in [5, 5.41) is 3.35. The molecule has 0 aromatic heterocycles. The number of hydrogen-bond acceptors (Lipinski definition) is 4. The van der Waals surface area contributed by atoms with Crippen LogP contribution in [0, 0.1) is 0 Å². The number of nitrogens with two attached hydrogens (primary N) is 1. The lowest BCUT2D eigenvalue weighted by Crippen LogP contribution is -2.25. The first kappa shape index (κ1) is 14.2. The van der Waals surface area contributed by atoms with Gasteiger partial charge in [0.05, 0.1) is 0 Å². The van der Waals surface area contributed by atoms with Gasteiger partial charge in [0.2, 0.25) is 0 Å². The molecule has 3 N–H and O–H groups in total. The van der Waals surface area contributed by atoms with Crippen LogP contribution in [-0.2, 0) is 0 Å². The van der Waals surface area contributed by atoms with Crippen molar-refractivity contribution in [2.75, 3.05) is 44.6 Å². The lowest BCUT2D eigenvalue weighted by molar-refractivity contribution is 0.238. The Hall–Kier alpha value is -1.26. The summed E-state index contributed by atoms with van der Waals surface area (Å²) in [6.45, 7) is 5.89. The van der Waals surface area contributed by atoms with Gasteiger partial charge in [0.1, 0.15) is 12.4 Å². The fraction of sp³-hybridized carbons (Fsp3) is 0.600. The van der Waals surface area contributed by atoms with E-state index in [-0.39, 0.29) is 0 Å². The van der Waals surface area contributed by atoms with Crippen molar-refractivity contribution in [3.8, 4) is 5.75 Å². The zero-order valence-electron chi connectivity index (χ0n) is 11.6. The molecule has 0 aliphatic carbocycles. The summed E-state index contributed by atoms with van der Waals surface area (Å²) in [5.41, 5.74) is 6.58. The number of nitrogens with one attached hydrogen (secondary N) is 1. The van der Waals surface area contributed by atoms with Gasteiger partial charge in [-0.15, -0.1) is 0 Å². The molecule has 19 heavy (non-hydrogen) atoms. The summed E-state index contributed by atoms with van der Waals surface area (Å²) in [6.07, 6.45) is 3.65. The van der Waals surface area contributed by atoms with Crippen molar-refractivity contribution in [1.29, 1.82) is 0 Å². The Morgan fingerprint density at radius 2 is 2.11 bits per heavy atom. The number of nitrogens with zero attached hydrogens (tertiary/aromatic N) is 1. The predicted molar refractivity (Wildman–Crippen MR) is 79.8 cm³/mol. The second-order valence-corrected chi connectivity index (χ2v) is 4.99. The molecular weight excluding hydrogens is 238 g/mol. The fourth-order valence-electron chi connectivity index (χ4n) is 2.33. The van der Waals surface area contributed by atoms with Gasteiger partial charge in [-0.1, -0.05) is 6.07 Å². The molecule has 1 aromatic carbocycles. The monoisotopic (exact) mass is 263 g/mol. The highest BCUT2D eigenvalue weighted by Gasteiger charge is 2.10. The second kappa shape index (κ2) is 8.02. The predicted octanol–water partition coefficient (Wildman–Crippen LogP) is 1.92. The first-order valence-electron chi connectivity index (χ1n) is 7.27. The van der Waals surface area contributed by atoms with Gasteiger partial charge in [0.25, 0.3) is 0 Å². The largest absolute Gasteiger partial charge is 0.492 e. The Labute approximate surface area is 115 Å². The molecule has 0 saturated carbocycles. The third-order valence-electron chi connectivity index (χ3n) is 3.42. The third kappa shape index (κ3) is 5.09. The van der Waals surface area contributed by atoms with Crippen molar-refractivity contribution in [1.82, 2.24) is 4.90 Å². The van der Waals surface area contributed by atoms with Crippen LogP contribution in [-0.4, -0.2) is 44.2 Å². The van der Waals surface area contributed by atoms with Crippen LogP contribution >= 0.6 is 0 Å². The van der Waals surface area contributed by atoms with Crippen LogP contribution in [0.2, 0.25) is 0 Å². The Kier molecular flexibility index (Phi) is 5.98. The summed E-state index contributed by atoms with van der Waals surface area (Å²) in [6, 6.07) is 8.15. The first-order chi connectivity index (χ1) is 9.38. The molecule has 1 fully saturated rings. The average Bonchev–Trinajstić information content (AvgIpc) is 2.93. The van der Waals surface area contributed by atoms with E-state index in [0.717, 1.165) is 44.1 Å². The van der Waals surface area contributed by atoms with Crippen LogP contribution in [0.4, 0.5) is 5.69 Å². The van der Waals surface area contributed by atoms with Crippen molar-refractivity contribution >= 4 is 5.69 Å². The molecule has 106 valence electrons. The van der Waals surface area contributed by atoms with E-state index in [1.54, 1.807) is 0 Å². The minimum Gasteiger partial charge on any atom is -0.492 e. The molecule has 0 bridgehead atoms. The Balaban J connectivity index is 1.71. The lowest BCUT2D eigenvalue weighted by atomic mass is 10.3. The number of rotatable bonds is 8. The molecule has 0 atom stereocenters. The Morgan fingerprint density at radius 1 is 1.26 bits per heavy atom. The average molecular weight is 263 g/mol. The van der Waals surface area contributed by atoms with Gasteiger partial charge >= 0.3 is 0 Å². The maximum absolute atomic E-state index is 5.81. The van der Waals surface area contributed by atoms with E-state index in [9.17, 15) is 0 Å². The van der Waals surface area contributed by atoms with Crippen LogP contribution in [0.3, 0.4) is 0 Å². The van der Waals surface area contributed by atoms with E-state index >= 15 is 0 Å². The Bertz CT molecular complexity index is 364. The number of likely N-dealkylation sites (tertiary alicyclic amines) is 1. The standard InChI is InChI=1S/C15H25N3O/c16-7-4-8-17-14-5-3-6-15(13-14)19-12-11-18-9-1-2-10-18/h3,5-6,13,17H,1-2,4,7-12,16H2. The van der Waals surface area contributed by atoms with E-state index in [1.807, 2.05) is 12.1 Å². The van der Waals surface area contributed by atoms with E-state index in [1.165, 1.54) is 25.9 Å². The number of anilines is 1. The van der Waals surface area contributed by atoms with E-state index < -0.39 is 0 Å². The number of benzene rings is 1. The maximum Gasteiger partial charge on any atom is 0.121 e. The molecule has 1 heterocycles. The molecule has 2 rings (SSSR count). The van der Waals surface area contributed by atoms with Crippen LogP contribution in [0.5, 0.6) is 5.75 Å². The molecule has 1 saturated heterocycles. The van der Waals surface area contributed by atoms with E-state index in [0.29, 0.717) is 0 Å². The minimum absolute atomic E-state index is 0.721. The highest BCUT2D eigenvalue weighted by atomic mass is 16.5. The SMILES string of the molecule is NCCCNc1cccc(OCCN2CCCC2)c1. The molecular formula is C15H25N3O. The quantitative estimate of drug-likeness (QED) is 0.704. The molecule has 0 amide bonds. The fourth-order valence-corrected chi connectivity index (χ4v) is 2.33. The summed E-state index contributed by atoms with van der Waals surface area (Å²) >= 11 is 0. The van der Waals surface area contributed by atoms with Crippen LogP contribution < -0.4 is 15.8 Å². The number of hydrogen-bond donors (Lipinski definition) is 2. The molecule has 4 nitrogen and oxygen atoms in total. The van der Waals surface area contributed by atoms with Crippen molar-refractivity contribution in [2.24, 2.45) is 5.73 Å². The van der Waals surface area contributed by atoms with Gasteiger partial charge in [0, 0.05) is 24.8 Å². The zero-order valence-corrected chi connectivity index (χ0v) is 11.6.